The first-order chi connectivity index (χ1) is 24.6. The summed E-state index contributed by atoms with van der Waals surface area (Å²) in [5, 5.41) is 4.00. The van der Waals surface area contributed by atoms with Crippen molar-refractivity contribution in [3.05, 3.63) is 131 Å². The molecule has 2 fully saturated rings. The Morgan fingerprint density at radius 1 is 0.500 bits per heavy atom. The maximum atomic E-state index is 6.45. The Balaban J connectivity index is 0.00000232. The van der Waals surface area contributed by atoms with Crippen LogP contribution in [0.3, 0.4) is 0 Å². The number of aromatic nitrogens is 2. The Kier molecular flexibility index (Phi) is 12.9. The number of pyridine rings is 2. The van der Waals surface area contributed by atoms with Crippen LogP contribution < -0.4 is 62.4 Å². The van der Waals surface area contributed by atoms with Gasteiger partial charge < -0.3 is 53.2 Å². The Morgan fingerprint density at radius 3 is 1.27 bits per heavy atom. The minimum Gasteiger partial charge on any atom is -1.00 e. The lowest BCUT2D eigenvalue weighted by atomic mass is 10.1. The van der Waals surface area contributed by atoms with E-state index in [9.17, 15) is 0 Å². The van der Waals surface area contributed by atoms with Gasteiger partial charge in [0.25, 0.3) is 0 Å². The summed E-state index contributed by atoms with van der Waals surface area (Å²) in [7, 11) is 0. The number of benzene rings is 4. The lowest BCUT2D eigenvalue weighted by Gasteiger charge is -2.19. The van der Waals surface area contributed by atoms with Gasteiger partial charge in [-0.25, -0.2) is 0 Å². The third-order valence-corrected chi connectivity index (χ3v) is 10.5. The zero-order valence-electron chi connectivity index (χ0n) is 29.0. The molecule has 10 heteroatoms. The molecule has 270 valence electrons. The second-order valence-electron chi connectivity index (χ2n) is 13.4. The van der Waals surface area contributed by atoms with Gasteiger partial charge in [-0.1, -0.05) is 23.2 Å². The number of hydrogen-bond donors (Lipinski definition) is 0. The quantitative estimate of drug-likeness (QED) is 0.148. The van der Waals surface area contributed by atoms with Crippen LogP contribution in [0.4, 0.5) is 11.4 Å². The maximum Gasteiger partial charge on any atom is 0.216 e. The van der Waals surface area contributed by atoms with Crippen molar-refractivity contribution in [2.45, 2.75) is 38.8 Å². The fourth-order valence-electron chi connectivity index (χ4n) is 7.42. The monoisotopic (exact) mass is 862 g/mol. The van der Waals surface area contributed by atoms with Gasteiger partial charge in [0, 0.05) is 71.6 Å². The van der Waals surface area contributed by atoms with Crippen LogP contribution in [0.5, 0.6) is 11.5 Å². The molecule has 0 amide bonds. The number of nitrogens with zero attached hydrogens (tertiary/aromatic N) is 4. The standard InChI is InChI=1S/C42H42Cl2N4O2.2BrH/c43-33-9-15-37-39(45-19-1-2-20-45)17-23-47(41(37)27-33)29-31-5-11-35(12-6-31)49-25-26-50-36-13-7-32(8-14-36)30-48-24-18-40(46-21-3-4-22-46)38-16-10-34(44)28-42(38)48;;/h5-18,23-24,27-28H,1-4,19-22,25-26,29-30H2;2*1H/q+2;;/p-2. The average Bonchev–Trinajstić information content (AvgIpc) is 3.88. The zero-order chi connectivity index (χ0) is 33.9. The average molecular weight is 866 g/mol. The second kappa shape index (κ2) is 17.5. The molecule has 0 radical (unpaired) electrons. The van der Waals surface area contributed by atoms with Gasteiger partial charge in [-0.2, -0.15) is 9.13 Å². The van der Waals surface area contributed by atoms with E-state index in [0.717, 1.165) is 71.8 Å². The van der Waals surface area contributed by atoms with Crippen LogP contribution in [0, 0.1) is 0 Å². The van der Waals surface area contributed by atoms with Crippen molar-refractivity contribution in [3.63, 3.8) is 0 Å². The molecule has 2 aliphatic rings. The molecule has 0 aliphatic carbocycles. The molecule has 8 rings (SSSR count). The first-order valence-electron chi connectivity index (χ1n) is 17.7. The summed E-state index contributed by atoms with van der Waals surface area (Å²) in [5.74, 6) is 1.66. The number of anilines is 2. The van der Waals surface area contributed by atoms with E-state index in [1.807, 2.05) is 36.4 Å². The van der Waals surface area contributed by atoms with Crippen LogP contribution in [0.25, 0.3) is 21.8 Å². The van der Waals surface area contributed by atoms with Crippen molar-refractivity contribution in [3.8, 4) is 11.5 Å². The van der Waals surface area contributed by atoms with Crippen LogP contribution in [0.1, 0.15) is 36.8 Å². The van der Waals surface area contributed by atoms with E-state index in [1.54, 1.807) is 0 Å². The molecule has 0 N–H and O–H groups in total. The van der Waals surface area contributed by atoms with Gasteiger partial charge in [-0.3, -0.25) is 0 Å². The van der Waals surface area contributed by atoms with Crippen molar-refractivity contribution in [1.82, 2.24) is 0 Å². The second-order valence-corrected chi connectivity index (χ2v) is 14.2. The molecule has 4 heterocycles. The fourth-order valence-corrected chi connectivity index (χ4v) is 7.75. The SMILES string of the molecule is Clc1ccc2c(N3CCCC3)cc[n+](Cc3ccc(OCCOc4ccc(C[n+]5ccc(N6CCCC6)c6ccc(Cl)cc65)cc4)cc3)c2c1.[Br-].[Br-]. The third kappa shape index (κ3) is 8.62. The highest BCUT2D eigenvalue weighted by molar-refractivity contribution is 6.31. The lowest BCUT2D eigenvalue weighted by molar-refractivity contribution is -0.662. The number of rotatable bonds is 11. The van der Waals surface area contributed by atoms with Crippen molar-refractivity contribution in [2.24, 2.45) is 0 Å². The van der Waals surface area contributed by atoms with Gasteiger partial charge in [-0.05, 0) is 98.5 Å². The summed E-state index contributed by atoms with van der Waals surface area (Å²) in [5.41, 5.74) is 7.29. The molecule has 0 atom stereocenters. The molecular formula is C42H42Br2Cl2N4O2. The first kappa shape index (κ1) is 38.2. The Labute approximate surface area is 337 Å². The molecule has 2 aliphatic heterocycles. The smallest absolute Gasteiger partial charge is 0.216 e. The predicted molar refractivity (Wildman–Crippen MR) is 203 cm³/mol. The summed E-state index contributed by atoms with van der Waals surface area (Å²) in [6.07, 6.45) is 9.37. The molecule has 2 saturated heterocycles. The topological polar surface area (TPSA) is 32.7 Å². The normalized spacial score (nSPS) is 14.0. The molecule has 2 aromatic heterocycles. The molecule has 6 aromatic rings. The Hall–Kier alpha value is -3.56. The number of halogens is 4. The molecular weight excluding hydrogens is 823 g/mol. The largest absolute Gasteiger partial charge is 1.00 e. The zero-order valence-corrected chi connectivity index (χ0v) is 33.7. The van der Waals surface area contributed by atoms with E-state index in [-0.39, 0.29) is 34.0 Å². The minimum atomic E-state index is 0. The van der Waals surface area contributed by atoms with Gasteiger partial charge in [0.05, 0.1) is 22.1 Å². The molecule has 52 heavy (non-hydrogen) atoms. The van der Waals surface area contributed by atoms with Crippen LogP contribution in [0.15, 0.2) is 109 Å². The van der Waals surface area contributed by atoms with Gasteiger partial charge >= 0.3 is 0 Å². The number of fused-ring (bicyclic) bond motifs is 2. The van der Waals surface area contributed by atoms with E-state index >= 15 is 0 Å². The minimum absolute atomic E-state index is 0. The molecule has 4 aromatic carbocycles. The van der Waals surface area contributed by atoms with Crippen LogP contribution >= 0.6 is 23.2 Å². The molecule has 0 saturated carbocycles. The van der Waals surface area contributed by atoms with Crippen molar-refractivity contribution >= 4 is 56.4 Å². The molecule has 6 nitrogen and oxygen atoms in total. The molecule has 0 bridgehead atoms. The van der Waals surface area contributed by atoms with E-state index < -0.39 is 0 Å². The van der Waals surface area contributed by atoms with Crippen LogP contribution in [-0.2, 0) is 13.1 Å². The summed E-state index contributed by atoms with van der Waals surface area (Å²) < 4.78 is 16.6. The molecule has 0 unspecified atom stereocenters. The highest BCUT2D eigenvalue weighted by Gasteiger charge is 2.22. The Morgan fingerprint density at radius 2 is 0.885 bits per heavy atom. The van der Waals surface area contributed by atoms with E-state index in [1.165, 1.54) is 59.0 Å². The fraction of sp³-hybridized carbons (Fsp3) is 0.286. The van der Waals surface area contributed by atoms with Crippen molar-refractivity contribution < 1.29 is 52.6 Å². The van der Waals surface area contributed by atoms with Crippen LogP contribution in [-0.4, -0.2) is 39.4 Å². The van der Waals surface area contributed by atoms with Crippen molar-refractivity contribution in [2.75, 3.05) is 49.2 Å². The third-order valence-electron chi connectivity index (χ3n) is 9.98. The highest BCUT2D eigenvalue weighted by atomic mass is 79.9. The predicted octanol–water partition coefficient (Wildman–Crippen LogP) is 2.64. The summed E-state index contributed by atoms with van der Waals surface area (Å²) in [6.45, 7) is 6.88. The van der Waals surface area contributed by atoms with E-state index in [2.05, 4.69) is 92.0 Å². The number of ether oxygens (including phenoxy) is 2. The van der Waals surface area contributed by atoms with Gasteiger partial charge in [-0.15, -0.1) is 0 Å². The summed E-state index contributed by atoms with van der Waals surface area (Å²) in [4.78, 5) is 4.97. The number of hydrogen-bond acceptors (Lipinski definition) is 4. The maximum absolute atomic E-state index is 6.45. The highest BCUT2D eigenvalue weighted by Crippen LogP contribution is 2.31. The molecule has 0 spiro atoms. The van der Waals surface area contributed by atoms with Gasteiger partial charge in [0.2, 0.25) is 11.0 Å². The van der Waals surface area contributed by atoms with E-state index in [4.69, 9.17) is 32.7 Å². The Bertz CT molecular complexity index is 1970. The van der Waals surface area contributed by atoms with Crippen molar-refractivity contribution in [1.29, 1.82) is 0 Å². The first-order valence-corrected chi connectivity index (χ1v) is 18.5. The summed E-state index contributed by atoms with van der Waals surface area (Å²) >= 11 is 12.9. The van der Waals surface area contributed by atoms with Gasteiger partial charge in [0.15, 0.2) is 25.5 Å². The van der Waals surface area contributed by atoms with Gasteiger partial charge in [0.1, 0.15) is 24.7 Å². The van der Waals surface area contributed by atoms with Crippen LogP contribution in [0.2, 0.25) is 10.0 Å². The lowest BCUT2D eigenvalue weighted by Crippen LogP contribution is -3.00. The van der Waals surface area contributed by atoms with E-state index in [0.29, 0.717) is 13.2 Å². The summed E-state index contributed by atoms with van der Waals surface area (Å²) in [6, 6.07) is 33.6.